The zero-order valence-electron chi connectivity index (χ0n) is 38.3. The van der Waals surface area contributed by atoms with Gasteiger partial charge in [-0.1, -0.05) is 67.0 Å². The van der Waals surface area contributed by atoms with Gasteiger partial charge in [-0.2, -0.15) is 0 Å². The van der Waals surface area contributed by atoms with Gasteiger partial charge >= 0.3 is 0 Å². The molecule has 17 heteroatoms. The number of ether oxygens (including phenoxy) is 2. The van der Waals surface area contributed by atoms with Gasteiger partial charge in [0.15, 0.2) is 0 Å². The summed E-state index contributed by atoms with van der Waals surface area (Å²) in [4.78, 5) is 74.4. The largest absolute Gasteiger partial charge is 0.399 e. The van der Waals surface area contributed by atoms with Crippen molar-refractivity contribution >= 4 is 45.1 Å². The Hall–Kier alpha value is -3.80. The van der Waals surface area contributed by atoms with Crippen LogP contribution in [0.3, 0.4) is 0 Å². The molecule has 1 saturated heterocycles. The minimum absolute atomic E-state index is 0.0173. The molecular formula is C43H75N7O9S. The van der Waals surface area contributed by atoms with Crippen molar-refractivity contribution in [1.29, 1.82) is 0 Å². The SMILES string of the molecule is CC[C@H](C)[C@@H]([C@@H](CC(=O)N1CCC[C@H]1[C@H](OC)[C@@H](C)C(=O)N[C@@H](CCS(C)(=O)=O)C(=O)NCc1ccc(N)cc1)OC)N(C)C(=O)[C@@H](NC(=O)[C@H](C(C)C)N(C)C)C(C)C. The van der Waals surface area contributed by atoms with Crippen LogP contribution in [0.15, 0.2) is 24.3 Å². The monoisotopic (exact) mass is 866 g/mol. The molecule has 9 atom stereocenters. The number of likely N-dealkylation sites (N-methyl/N-ethyl adjacent to an activating group) is 2. The van der Waals surface area contributed by atoms with Crippen LogP contribution in [0.25, 0.3) is 0 Å². The first-order valence-corrected chi connectivity index (χ1v) is 23.2. The Morgan fingerprint density at radius 1 is 0.900 bits per heavy atom. The van der Waals surface area contributed by atoms with E-state index in [0.29, 0.717) is 31.5 Å². The molecule has 0 bridgehead atoms. The Morgan fingerprint density at radius 3 is 2.02 bits per heavy atom. The highest BCUT2D eigenvalue weighted by molar-refractivity contribution is 7.90. The van der Waals surface area contributed by atoms with Gasteiger partial charge in [0.1, 0.15) is 21.9 Å². The van der Waals surface area contributed by atoms with Crippen molar-refractivity contribution in [3.8, 4) is 0 Å². The summed E-state index contributed by atoms with van der Waals surface area (Å²) >= 11 is 0. The number of carbonyl (C=O) groups is 5. The number of likely N-dealkylation sites (tertiary alicyclic amines) is 1. The second-order valence-electron chi connectivity index (χ2n) is 17.4. The Balaban J connectivity index is 2.29. The fourth-order valence-corrected chi connectivity index (χ4v) is 8.93. The number of nitrogens with zero attached hydrogens (tertiary/aromatic N) is 3. The highest BCUT2D eigenvalue weighted by atomic mass is 32.2. The quantitative estimate of drug-likeness (QED) is 0.111. The fourth-order valence-electron chi connectivity index (χ4n) is 8.26. The van der Waals surface area contributed by atoms with Crippen molar-refractivity contribution in [2.24, 2.45) is 23.7 Å². The number of amides is 5. The van der Waals surface area contributed by atoms with Crippen molar-refractivity contribution in [2.75, 3.05) is 59.6 Å². The summed E-state index contributed by atoms with van der Waals surface area (Å²) < 4.78 is 36.1. The summed E-state index contributed by atoms with van der Waals surface area (Å²) in [5.74, 6) is -3.21. The molecule has 0 saturated carbocycles. The maximum Gasteiger partial charge on any atom is 0.245 e. The average Bonchev–Trinajstić information content (AvgIpc) is 3.66. The van der Waals surface area contributed by atoms with Crippen molar-refractivity contribution in [3.05, 3.63) is 29.8 Å². The van der Waals surface area contributed by atoms with Crippen LogP contribution in [-0.2, 0) is 49.8 Å². The molecule has 1 heterocycles. The Labute approximate surface area is 359 Å². The molecule has 1 aliphatic rings. The molecule has 16 nitrogen and oxygen atoms in total. The van der Waals surface area contributed by atoms with E-state index in [1.807, 2.05) is 60.5 Å². The summed E-state index contributed by atoms with van der Waals surface area (Å²) in [5.41, 5.74) is 7.12. The van der Waals surface area contributed by atoms with Gasteiger partial charge in [-0.15, -0.1) is 0 Å². The van der Waals surface area contributed by atoms with Crippen LogP contribution < -0.4 is 21.7 Å². The number of hydrogen-bond donors (Lipinski definition) is 4. The number of hydrogen-bond acceptors (Lipinski definition) is 11. The Bertz CT molecular complexity index is 1670. The zero-order chi connectivity index (χ0) is 45.6. The van der Waals surface area contributed by atoms with Crippen molar-refractivity contribution in [3.63, 3.8) is 0 Å². The number of nitrogens with two attached hydrogens (primary N) is 1. The Kier molecular flexibility index (Phi) is 20.9. The summed E-state index contributed by atoms with van der Waals surface area (Å²) in [7, 11) is 4.91. The highest BCUT2D eigenvalue weighted by Gasteiger charge is 2.43. The van der Waals surface area contributed by atoms with Gasteiger partial charge in [-0.05, 0) is 68.8 Å². The lowest BCUT2D eigenvalue weighted by molar-refractivity contribution is -0.148. The summed E-state index contributed by atoms with van der Waals surface area (Å²) in [6.07, 6.45) is 1.36. The van der Waals surface area contributed by atoms with Gasteiger partial charge in [0.2, 0.25) is 29.5 Å². The number of nitrogens with one attached hydrogen (secondary N) is 3. The predicted molar refractivity (Wildman–Crippen MR) is 234 cm³/mol. The van der Waals surface area contributed by atoms with E-state index in [1.54, 1.807) is 48.0 Å². The Morgan fingerprint density at radius 2 is 1.52 bits per heavy atom. The van der Waals surface area contributed by atoms with E-state index in [2.05, 4.69) is 16.0 Å². The number of anilines is 1. The molecular weight excluding hydrogens is 791 g/mol. The molecule has 0 aromatic heterocycles. The molecule has 1 aromatic carbocycles. The van der Waals surface area contributed by atoms with E-state index in [4.69, 9.17) is 15.2 Å². The number of methoxy groups -OCH3 is 2. The number of rotatable bonds is 24. The predicted octanol–water partition coefficient (Wildman–Crippen LogP) is 2.45. The zero-order valence-corrected chi connectivity index (χ0v) is 39.1. The van der Waals surface area contributed by atoms with Gasteiger partial charge in [0.25, 0.3) is 0 Å². The van der Waals surface area contributed by atoms with Crippen molar-refractivity contribution < 1.29 is 41.9 Å². The number of nitrogen functional groups attached to an aromatic ring is 1. The molecule has 1 aliphatic heterocycles. The van der Waals surface area contributed by atoms with E-state index in [-0.39, 0.29) is 60.6 Å². The second-order valence-corrected chi connectivity index (χ2v) is 19.7. The molecule has 0 radical (unpaired) electrons. The molecule has 0 spiro atoms. The summed E-state index contributed by atoms with van der Waals surface area (Å²) in [6, 6.07) is 3.56. The molecule has 5 amide bonds. The summed E-state index contributed by atoms with van der Waals surface area (Å²) in [5, 5.41) is 8.55. The first kappa shape index (κ1) is 52.3. The fraction of sp³-hybridized carbons (Fsp3) is 0.744. The minimum atomic E-state index is -3.45. The first-order chi connectivity index (χ1) is 28.0. The lowest BCUT2D eigenvalue weighted by atomic mass is 9.89. The smallest absolute Gasteiger partial charge is 0.245 e. The minimum Gasteiger partial charge on any atom is -0.399 e. The van der Waals surface area contributed by atoms with Crippen LogP contribution in [0.5, 0.6) is 0 Å². The van der Waals surface area contributed by atoms with Crippen LogP contribution in [0.2, 0.25) is 0 Å². The van der Waals surface area contributed by atoms with E-state index in [9.17, 15) is 32.4 Å². The summed E-state index contributed by atoms with van der Waals surface area (Å²) in [6.45, 7) is 14.0. The first-order valence-electron chi connectivity index (χ1n) is 21.2. The maximum absolute atomic E-state index is 14.3. The molecule has 1 aromatic rings. The third-order valence-corrected chi connectivity index (χ3v) is 12.8. The van der Waals surface area contributed by atoms with Crippen molar-refractivity contribution in [1.82, 2.24) is 30.7 Å². The molecule has 2 rings (SSSR count). The van der Waals surface area contributed by atoms with E-state index >= 15 is 0 Å². The lowest BCUT2D eigenvalue weighted by Crippen LogP contribution is -2.59. The number of sulfone groups is 1. The molecule has 1 fully saturated rings. The maximum atomic E-state index is 14.3. The molecule has 0 aliphatic carbocycles. The number of benzene rings is 1. The van der Waals surface area contributed by atoms with Crippen LogP contribution in [-0.4, -0.2) is 149 Å². The van der Waals surface area contributed by atoms with E-state index < -0.39 is 70.0 Å². The second kappa shape index (κ2) is 24.0. The number of carbonyl (C=O) groups excluding carboxylic acids is 5. The normalized spacial score (nSPS) is 18.6. The molecule has 60 heavy (non-hydrogen) atoms. The van der Waals surface area contributed by atoms with Gasteiger partial charge < -0.3 is 41.0 Å². The molecule has 342 valence electrons. The van der Waals surface area contributed by atoms with Gasteiger partial charge in [0, 0.05) is 46.3 Å². The van der Waals surface area contributed by atoms with Crippen LogP contribution >= 0.6 is 0 Å². The van der Waals surface area contributed by atoms with E-state index in [1.165, 1.54) is 14.2 Å². The third kappa shape index (κ3) is 15.0. The van der Waals surface area contributed by atoms with Crippen LogP contribution in [0, 0.1) is 23.7 Å². The molecule has 5 N–H and O–H groups in total. The highest BCUT2D eigenvalue weighted by Crippen LogP contribution is 2.30. The van der Waals surface area contributed by atoms with Gasteiger partial charge in [0.05, 0.1) is 48.4 Å². The molecule has 0 unspecified atom stereocenters. The van der Waals surface area contributed by atoms with Crippen LogP contribution in [0.4, 0.5) is 5.69 Å². The lowest BCUT2D eigenvalue weighted by Gasteiger charge is -2.41. The average molecular weight is 866 g/mol. The van der Waals surface area contributed by atoms with Crippen molar-refractivity contribution in [2.45, 2.75) is 130 Å². The van der Waals surface area contributed by atoms with Gasteiger partial charge in [-0.3, -0.25) is 28.9 Å². The van der Waals surface area contributed by atoms with E-state index in [0.717, 1.165) is 11.8 Å². The van der Waals surface area contributed by atoms with Gasteiger partial charge in [-0.25, -0.2) is 8.42 Å². The topological polar surface area (TPSA) is 210 Å². The standard InChI is InChI=1S/C43H75N7O9S/c1-14-28(6)38(49(10)43(55)36(26(2)3)47-42(54)37(27(4)5)48(8)9)34(58-11)24-35(51)50-22-15-16-33(50)39(59-12)29(7)40(52)46-32(21-23-60(13,56)57)41(53)45-25-30-17-19-31(44)20-18-30/h17-20,26-29,32-34,36-39H,14-16,21-25,44H2,1-13H3,(H,45,53)(H,46,52)(H,47,54)/t28-,29+,32-,33-,34+,36-,37-,38-,39+/m0/s1. The third-order valence-electron chi connectivity index (χ3n) is 11.8. The van der Waals surface area contributed by atoms with Crippen LogP contribution in [0.1, 0.15) is 86.1 Å².